The van der Waals surface area contributed by atoms with Crippen molar-refractivity contribution >= 4 is 63.4 Å². The molecule has 1 aromatic heterocycles. The van der Waals surface area contributed by atoms with Crippen molar-refractivity contribution < 1.29 is 33.7 Å². The first kappa shape index (κ1) is 30.2. The van der Waals surface area contributed by atoms with Gasteiger partial charge in [0.2, 0.25) is 5.13 Å². The minimum absolute atomic E-state index is 0.0198. The van der Waals surface area contributed by atoms with Crippen LogP contribution >= 0.6 is 22.9 Å². The van der Waals surface area contributed by atoms with E-state index in [9.17, 15) is 24.8 Å². The van der Waals surface area contributed by atoms with E-state index >= 15 is 0 Å². The zero-order valence-electron chi connectivity index (χ0n) is 21.0. The zero-order chi connectivity index (χ0) is 28.1. The van der Waals surface area contributed by atoms with Gasteiger partial charge in [0.15, 0.2) is 0 Å². The second-order valence-corrected chi connectivity index (χ2v) is 8.84. The molecule has 0 bridgehead atoms. The summed E-state index contributed by atoms with van der Waals surface area (Å²) in [4.78, 5) is 41.2. The number of benzene rings is 1. The standard InChI is InChI=1S/C24H26ClN5O7S/c1-4-11-37-23(34)15(14-26)12-19-22(25)27-24(38-19)29-28-17-6-5-16(13-18(17)31)30(9-7-20(32)35-2)10-8-21(33)36-3/h5-6,12-13,31H,4,7-11H2,1-3H3/b15-12+,29-28+. The van der Waals surface area contributed by atoms with Crippen LogP contribution in [-0.4, -0.2) is 61.9 Å². The van der Waals surface area contributed by atoms with Crippen molar-refractivity contribution in [2.45, 2.75) is 26.2 Å². The van der Waals surface area contributed by atoms with Crippen molar-refractivity contribution in [1.29, 1.82) is 5.26 Å². The molecule has 2 rings (SSSR count). The van der Waals surface area contributed by atoms with Gasteiger partial charge in [-0.05, 0) is 24.6 Å². The number of halogens is 1. The van der Waals surface area contributed by atoms with E-state index < -0.39 is 17.9 Å². The summed E-state index contributed by atoms with van der Waals surface area (Å²) < 4.78 is 14.3. The average molecular weight is 564 g/mol. The van der Waals surface area contributed by atoms with E-state index in [1.807, 2.05) is 6.92 Å². The normalized spacial score (nSPS) is 11.2. The number of thiazole rings is 1. The number of anilines is 1. The number of hydrogen-bond donors (Lipinski definition) is 1. The summed E-state index contributed by atoms with van der Waals surface area (Å²) in [5.74, 6) is -1.81. The maximum atomic E-state index is 12.0. The van der Waals surface area contributed by atoms with E-state index in [2.05, 4.69) is 24.7 Å². The first-order valence-electron chi connectivity index (χ1n) is 11.3. The minimum Gasteiger partial charge on any atom is -0.506 e. The summed E-state index contributed by atoms with van der Waals surface area (Å²) >= 11 is 7.10. The number of nitrogens with zero attached hydrogens (tertiary/aromatic N) is 5. The second-order valence-electron chi connectivity index (χ2n) is 7.47. The molecule has 0 spiro atoms. The van der Waals surface area contributed by atoms with Crippen LogP contribution in [0.15, 0.2) is 34.0 Å². The molecule has 0 radical (unpaired) electrons. The van der Waals surface area contributed by atoms with Crippen LogP contribution in [0, 0.1) is 11.3 Å². The largest absolute Gasteiger partial charge is 0.506 e. The molecule has 1 heterocycles. The van der Waals surface area contributed by atoms with Crippen LogP contribution in [0.3, 0.4) is 0 Å². The molecule has 2 aromatic rings. The highest BCUT2D eigenvalue weighted by Gasteiger charge is 2.16. The number of phenolic OH excluding ortho intramolecular Hbond substituents is 1. The molecule has 0 aliphatic heterocycles. The van der Waals surface area contributed by atoms with Crippen molar-refractivity contribution in [3.8, 4) is 11.8 Å². The molecule has 0 aliphatic carbocycles. The number of hydrogen-bond acceptors (Lipinski definition) is 13. The van der Waals surface area contributed by atoms with E-state index in [1.165, 1.54) is 32.4 Å². The van der Waals surface area contributed by atoms with Crippen LogP contribution in [0.4, 0.5) is 16.5 Å². The molecule has 0 aliphatic rings. The topological polar surface area (TPSA) is 164 Å². The Morgan fingerprint density at radius 3 is 2.39 bits per heavy atom. The van der Waals surface area contributed by atoms with Crippen LogP contribution < -0.4 is 4.90 Å². The second kappa shape index (κ2) is 15.3. The van der Waals surface area contributed by atoms with Gasteiger partial charge in [0.05, 0.1) is 38.5 Å². The van der Waals surface area contributed by atoms with Crippen molar-refractivity contribution in [1.82, 2.24) is 4.98 Å². The Balaban J connectivity index is 2.21. The summed E-state index contributed by atoms with van der Waals surface area (Å²) in [6.07, 6.45) is 2.03. The SMILES string of the molecule is CCCOC(=O)/C(C#N)=C/c1sc(/N=N/c2ccc(N(CCC(=O)OC)CCC(=O)OC)cc2O)nc1Cl. The Labute approximate surface area is 228 Å². The highest BCUT2D eigenvalue weighted by molar-refractivity contribution is 7.16. The third kappa shape index (κ3) is 9.13. The molecule has 0 unspecified atom stereocenters. The van der Waals surface area contributed by atoms with Crippen LogP contribution in [-0.2, 0) is 28.6 Å². The number of esters is 3. The molecule has 0 fully saturated rings. The third-order valence-electron chi connectivity index (χ3n) is 4.85. The highest BCUT2D eigenvalue weighted by Crippen LogP contribution is 2.35. The van der Waals surface area contributed by atoms with E-state index in [4.69, 9.17) is 16.3 Å². The number of ether oxygens (including phenoxy) is 3. The molecule has 38 heavy (non-hydrogen) atoms. The van der Waals surface area contributed by atoms with Gasteiger partial charge in [-0.15, -0.1) is 10.2 Å². The lowest BCUT2D eigenvalue weighted by atomic mass is 10.2. The Morgan fingerprint density at radius 2 is 1.84 bits per heavy atom. The first-order valence-corrected chi connectivity index (χ1v) is 12.5. The number of methoxy groups -OCH3 is 2. The number of aromatic hydroxyl groups is 1. The van der Waals surface area contributed by atoms with Crippen LogP contribution in [0.2, 0.25) is 5.15 Å². The van der Waals surface area contributed by atoms with Crippen molar-refractivity contribution in [3.05, 3.63) is 33.8 Å². The van der Waals surface area contributed by atoms with Gasteiger partial charge in [0, 0.05) is 24.8 Å². The molecule has 1 N–H and O–H groups in total. The van der Waals surface area contributed by atoms with Gasteiger partial charge in [0.1, 0.15) is 28.2 Å². The Morgan fingerprint density at radius 1 is 1.18 bits per heavy atom. The van der Waals surface area contributed by atoms with Crippen molar-refractivity contribution in [2.75, 3.05) is 38.8 Å². The van der Waals surface area contributed by atoms with Gasteiger partial charge in [0.25, 0.3) is 0 Å². The van der Waals surface area contributed by atoms with Gasteiger partial charge in [-0.3, -0.25) is 9.59 Å². The molecule has 0 saturated heterocycles. The van der Waals surface area contributed by atoms with Gasteiger partial charge >= 0.3 is 17.9 Å². The lowest BCUT2D eigenvalue weighted by Gasteiger charge is -2.24. The van der Waals surface area contributed by atoms with E-state index in [-0.39, 0.29) is 59.8 Å². The Bertz CT molecular complexity index is 1240. The molecule has 1 aromatic carbocycles. The number of nitriles is 1. The lowest BCUT2D eigenvalue weighted by Crippen LogP contribution is -2.29. The summed E-state index contributed by atoms with van der Waals surface area (Å²) in [5, 5.41) is 27.9. The highest BCUT2D eigenvalue weighted by atomic mass is 35.5. The van der Waals surface area contributed by atoms with Gasteiger partial charge in [-0.2, -0.15) is 5.26 Å². The molecule has 0 saturated carbocycles. The predicted octanol–water partition coefficient (Wildman–Crippen LogP) is 4.71. The summed E-state index contributed by atoms with van der Waals surface area (Å²) in [6.45, 7) is 2.51. The number of aromatic nitrogens is 1. The number of rotatable bonds is 13. The van der Waals surface area contributed by atoms with Gasteiger partial charge < -0.3 is 24.2 Å². The van der Waals surface area contributed by atoms with Crippen molar-refractivity contribution in [2.24, 2.45) is 10.2 Å². The fourth-order valence-electron chi connectivity index (χ4n) is 2.89. The fourth-order valence-corrected chi connectivity index (χ4v) is 3.91. The fraction of sp³-hybridized carbons (Fsp3) is 0.375. The number of carbonyl (C=O) groups excluding carboxylic acids is 3. The molecule has 202 valence electrons. The third-order valence-corrected chi connectivity index (χ3v) is 6.13. The monoisotopic (exact) mass is 563 g/mol. The van der Waals surface area contributed by atoms with Crippen molar-refractivity contribution in [3.63, 3.8) is 0 Å². The molecule has 0 atom stereocenters. The molecular formula is C24H26ClN5O7S. The summed E-state index contributed by atoms with van der Waals surface area (Å²) in [7, 11) is 2.57. The average Bonchev–Trinajstić information content (AvgIpc) is 3.27. The minimum atomic E-state index is -0.765. The zero-order valence-corrected chi connectivity index (χ0v) is 22.5. The molecular weight excluding hydrogens is 538 g/mol. The number of carbonyl (C=O) groups is 3. The first-order chi connectivity index (χ1) is 18.2. The van der Waals surface area contributed by atoms with E-state index in [0.29, 0.717) is 17.0 Å². The molecule has 0 amide bonds. The maximum Gasteiger partial charge on any atom is 0.348 e. The quantitative estimate of drug-likeness (QED) is 0.119. The predicted molar refractivity (Wildman–Crippen MR) is 140 cm³/mol. The van der Waals surface area contributed by atoms with Gasteiger partial charge in [-0.25, -0.2) is 9.78 Å². The van der Waals surface area contributed by atoms with E-state index in [0.717, 1.165) is 11.3 Å². The Kier molecular flexibility index (Phi) is 12.1. The summed E-state index contributed by atoms with van der Waals surface area (Å²) in [6, 6.07) is 6.35. The lowest BCUT2D eigenvalue weighted by molar-refractivity contribution is -0.140. The summed E-state index contributed by atoms with van der Waals surface area (Å²) in [5.41, 5.74) is 0.432. The maximum absolute atomic E-state index is 12.0. The van der Waals surface area contributed by atoms with Crippen LogP contribution in [0.5, 0.6) is 5.75 Å². The van der Waals surface area contributed by atoms with Crippen LogP contribution in [0.1, 0.15) is 31.1 Å². The van der Waals surface area contributed by atoms with Crippen LogP contribution in [0.25, 0.3) is 6.08 Å². The molecule has 12 nitrogen and oxygen atoms in total. The molecule has 14 heteroatoms. The number of phenols is 1. The smallest absolute Gasteiger partial charge is 0.348 e. The van der Waals surface area contributed by atoms with E-state index in [1.54, 1.807) is 17.0 Å². The van der Waals surface area contributed by atoms with Gasteiger partial charge in [-0.1, -0.05) is 29.9 Å². The Hall–Kier alpha value is -4.02. The number of azo groups is 1.